The lowest BCUT2D eigenvalue weighted by atomic mass is 9.93. The van der Waals surface area contributed by atoms with Crippen molar-refractivity contribution in [2.45, 2.75) is 25.7 Å². The van der Waals surface area contributed by atoms with Crippen molar-refractivity contribution < 1.29 is 27.9 Å². The summed E-state index contributed by atoms with van der Waals surface area (Å²) >= 11 is 0. The number of anilines is 2. The van der Waals surface area contributed by atoms with Gasteiger partial charge in [0.15, 0.2) is 0 Å². The molecule has 0 aromatic heterocycles. The molecule has 0 fully saturated rings. The minimum absolute atomic E-state index is 0.00526. The van der Waals surface area contributed by atoms with Crippen LogP contribution < -0.4 is 14.4 Å². The molecule has 0 radical (unpaired) electrons. The molecule has 29 heavy (non-hydrogen) atoms. The molecule has 8 nitrogen and oxygen atoms in total. The number of fused-ring (bicyclic) bond motifs is 1. The van der Waals surface area contributed by atoms with Gasteiger partial charge in [-0.2, -0.15) is 0 Å². The first-order chi connectivity index (χ1) is 13.5. The van der Waals surface area contributed by atoms with Crippen LogP contribution in [0.1, 0.15) is 31.1 Å². The van der Waals surface area contributed by atoms with Crippen LogP contribution in [-0.4, -0.2) is 38.6 Å². The predicted molar refractivity (Wildman–Crippen MR) is 108 cm³/mol. The van der Waals surface area contributed by atoms with E-state index in [2.05, 4.69) is 4.72 Å². The van der Waals surface area contributed by atoms with E-state index in [1.165, 1.54) is 30.3 Å². The summed E-state index contributed by atoms with van der Waals surface area (Å²) in [6, 6.07) is 9.64. The van der Waals surface area contributed by atoms with E-state index < -0.39 is 21.4 Å². The van der Waals surface area contributed by atoms with E-state index in [0.717, 1.165) is 0 Å². The molecule has 0 atom stereocenters. The predicted octanol–water partition coefficient (Wildman–Crippen LogP) is 2.96. The molecule has 1 aliphatic rings. The zero-order valence-electron chi connectivity index (χ0n) is 16.3. The summed E-state index contributed by atoms with van der Waals surface area (Å²) in [7, 11) is -3.92. The third-order valence-corrected chi connectivity index (χ3v) is 6.04. The summed E-state index contributed by atoms with van der Waals surface area (Å²) in [5, 5.41) is 8.94. The van der Waals surface area contributed by atoms with Crippen LogP contribution in [0.2, 0.25) is 0 Å². The Morgan fingerprint density at radius 1 is 1.21 bits per heavy atom. The summed E-state index contributed by atoms with van der Waals surface area (Å²) < 4.78 is 33.5. The van der Waals surface area contributed by atoms with Gasteiger partial charge in [0.05, 0.1) is 27.2 Å². The highest BCUT2D eigenvalue weighted by Crippen LogP contribution is 2.38. The summed E-state index contributed by atoms with van der Waals surface area (Å²) in [6.45, 7) is 6.09. The zero-order chi connectivity index (χ0) is 21.4. The van der Waals surface area contributed by atoms with Gasteiger partial charge in [0.25, 0.3) is 10.0 Å². The lowest BCUT2D eigenvalue weighted by Crippen LogP contribution is -2.42. The first kappa shape index (κ1) is 20.7. The van der Waals surface area contributed by atoms with E-state index in [1.807, 2.05) is 6.92 Å². The highest BCUT2D eigenvalue weighted by Gasteiger charge is 2.37. The minimum Gasteiger partial charge on any atom is -0.490 e. The molecule has 1 aliphatic heterocycles. The third-order valence-electron chi connectivity index (χ3n) is 4.64. The van der Waals surface area contributed by atoms with Gasteiger partial charge in [-0.15, -0.1) is 0 Å². The number of carbonyl (C=O) groups excluding carboxylic acids is 1. The fraction of sp³-hybridized carbons (Fsp3) is 0.300. The van der Waals surface area contributed by atoms with E-state index in [-0.39, 0.29) is 28.7 Å². The number of ether oxygens (including phenoxy) is 1. The first-order valence-electron chi connectivity index (χ1n) is 9.00. The zero-order valence-corrected chi connectivity index (χ0v) is 17.1. The maximum absolute atomic E-state index is 12.7. The number of nitrogens with zero attached hydrogens (tertiary/aromatic N) is 1. The Hall–Kier alpha value is -3.07. The van der Waals surface area contributed by atoms with Crippen molar-refractivity contribution in [3.63, 3.8) is 0 Å². The summed E-state index contributed by atoms with van der Waals surface area (Å²) in [5.74, 6) is -0.791. The molecule has 0 bridgehead atoms. The molecule has 0 unspecified atom stereocenters. The van der Waals surface area contributed by atoms with Gasteiger partial charge in [-0.05, 0) is 57.2 Å². The summed E-state index contributed by atoms with van der Waals surface area (Å²) in [6.07, 6.45) is 0. The molecule has 1 heterocycles. The van der Waals surface area contributed by atoms with Crippen molar-refractivity contribution in [1.29, 1.82) is 0 Å². The van der Waals surface area contributed by atoms with Crippen LogP contribution in [0.3, 0.4) is 0 Å². The van der Waals surface area contributed by atoms with Gasteiger partial charge in [0.2, 0.25) is 5.91 Å². The largest absolute Gasteiger partial charge is 0.490 e. The standard InChI is InChI=1S/C20H22N2O6S/c1-4-22-16-10-7-14(11-17(16)28-12-20(2,3)19(22)25)21-29(26,27)15-8-5-13(6-9-15)18(23)24/h5-11,21H,4,12H2,1-3H3,(H,23,24). The summed E-state index contributed by atoms with van der Waals surface area (Å²) in [4.78, 5) is 25.2. The molecular formula is C20H22N2O6S. The number of carbonyl (C=O) groups is 2. The second-order valence-electron chi connectivity index (χ2n) is 7.34. The molecule has 2 N–H and O–H groups in total. The molecule has 0 saturated heterocycles. The van der Waals surface area contributed by atoms with E-state index in [1.54, 1.807) is 30.9 Å². The highest BCUT2D eigenvalue weighted by atomic mass is 32.2. The van der Waals surface area contributed by atoms with Gasteiger partial charge in [0.1, 0.15) is 12.4 Å². The van der Waals surface area contributed by atoms with Gasteiger partial charge in [0, 0.05) is 12.6 Å². The first-order valence-corrected chi connectivity index (χ1v) is 10.5. The SMILES string of the molecule is CCN1C(=O)C(C)(C)COc2cc(NS(=O)(=O)c3ccc(C(=O)O)cc3)ccc21. The van der Waals surface area contributed by atoms with Crippen molar-refractivity contribution in [3.8, 4) is 5.75 Å². The van der Waals surface area contributed by atoms with Gasteiger partial charge in [-0.1, -0.05) is 0 Å². The topological polar surface area (TPSA) is 113 Å². The molecule has 1 amide bonds. The Morgan fingerprint density at radius 3 is 2.45 bits per heavy atom. The molecule has 2 aromatic rings. The van der Waals surface area contributed by atoms with E-state index in [4.69, 9.17) is 9.84 Å². The minimum atomic E-state index is -3.92. The average molecular weight is 418 g/mol. The Morgan fingerprint density at radius 2 is 1.86 bits per heavy atom. The van der Waals surface area contributed by atoms with Gasteiger partial charge < -0.3 is 14.7 Å². The average Bonchev–Trinajstić information content (AvgIpc) is 2.76. The summed E-state index contributed by atoms with van der Waals surface area (Å²) in [5.41, 5.74) is 0.140. The normalized spacial score (nSPS) is 15.8. The third kappa shape index (κ3) is 4.04. The number of aromatic carboxylic acids is 1. The Kier molecular flexibility index (Phi) is 5.27. The number of carboxylic acids is 1. The number of hydrogen-bond acceptors (Lipinski definition) is 5. The quantitative estimate of drug-likeness (QED) is 0.772. The maximum Gasteiger partial charge on any atom is 0.335 e. The van der Waals surface area contributed by atoms with Crippen LogP contribution in [0.25, 0.3) is 0 Å². The Labute approximate surface area is 169 Å². The van der Waals surface area contributed by atoms with Crippen molar-refractivity contribution >= 4 is 33.3 Å². The van der Waals surface area contributed by atoms with Crippen LogP contribution in [0.4, 0.5) is 11.4 Å². The van der Waals surface area contributed by atoms with Crippen LogP contribution in [0.5, 0.6) is 5.75 Å². The number of hydrogen-bond donors (Lipinski definition) is 2. The number of benzene rings is 2. The van der Waals surface area contributed by atoms with Crippen LogP contribution in [-0.2, 0) is 14.8 Å². The van der Waals surface area contributed by atoms with Crippen molar-refractivity contribution in [2.24, 2.45) is 5.41 Å². The second-order valence-corrected chi connectivity index (χ2v) is 9.02. The molecule has 9 heteroatoms. The van der Waals surface area contributed by atoms with E-state index in [0.29, 0.717) is 18.0 Å². The molecule has 0 saturated carbocycles. The fourth-order valence-electron chi connectivity index (χ4n) is 3.02. The van der Waals surface area contributed by atoms with E-state index in [9.17, 15) is 18.0 Å². The number of rotatable bonds is 5. The maximum atomic E-state index is 12.7. The number of nitrogens with one attached hydrogen (secondary N) is 1. The highest BCUT2D eigenvalue weighted by molar-refractivity contribution is 7.92. The molecule has 3 rings (SSSR count). The monoisotopic (exact) mass is 418 g/mol. The van der Waals surface area contributed by atoms with Crippen molar-refractivity contribution in [1.82, 2.24) is 0 Å². The van der Waals surface area contributed by atoms with Gasteiger partial charge in [-0.25, -0.2) is 13.2 Å². The number of sulfonamides is 1. The number of amides is 1. The van der Waals surface area contributed by atoms with Crippen molar-refractivity contribution in [2.75, 3.05) is 22.8 Å². The van der Waals surface area contributed by atoms with Crippen molar-refractivity contribution in [3.05, 3.63) is 48.0 Å². The lowest BCUT2D eigenvalue weighted by Gasteiger charge is -2.26. The van der Waals surface area contributed by atoms with Gasteiger partial charge >= 0.3 is 5.97 Å². The second kappa shape index (κ2) is 7.40. The lowest BCUT2D eigenvalue weighted by molar-refractivity contribution is -0.127. The van der Waals surface area contributed by atoms with Crippen LogP contribution >= 0.6 is 0 Å². The van der Waals surface area contributed by atoms with Gasteiger partial charge in [-0.3, -0.25) is 9.52 Å². The number of carboxylic acid groups (broad SMARTS) is 1. The Balaban J connectivity index is 1.91. The smallest absolute Gasteiger partial charge is 0.335 e. The fourth-order valence-corrected chi connectivity index (χ4v) is 4.07. The molecule has 0 spiro atoms. The van der Waals surface area contributed by atoms with E-state index >= 15 is 0 Å². The molecular weight excluding hydrogens is 396 g/mol. The van der Waals surface area contributed by atoms with Crippen LogP contribution in [0, 0.1) is 5.41 Å². The Bertz CT molecular complexity index is 1060. The molecule has 0 aliphatic carbocycles. The van der Waals surface area contributed by atoms with Crippen LogP contribution in [0.15, 0.2) is 47.4 Å². The molecule has 154 valence electrons. The molecule has 2 aromatic carbocycles.